The lowest BCUT2D eigenvalue weighted by Crippen LogP contribution is -2.59. The molecule has 2 fully saturated rings. The second-order valence-corrected chi connectivity index (χ2v) is 21.9. The van der Waals surface area contributed by atoms with Crippen molar-refractivity contribution in [3.05, 3.63) is 12.2 Å². The molecular formula is C50H89N5O34P2. The molecular weight excluding hydrogens is 1280 g/mol. The molecule has 0 aromatic carbocycles. The number of phosphoric acid groups is 2. The standard InChI is InChI=1S/C50H89N5O34P2/c56-37(3-8-55-39(58)1-2-40(55)59)51-4-9-74-13-17-78-21-22-79-18-14-75-10-5-52-38(57)31-34(47(66)53-6-11-76-15-19-80-23-25-82-27-29-84-49-45(64)43(62)41(60)35(88-49)32-86-90(68,69)70)48(67)54-7-12-77-16-20-81-24-26-83-28-30-85-50-46(65)44(63)42(61)36(89-50)33-87-91(71,72)73/h1-2,34-36,41-46,49-50,60-65H,3-33H2,(H,51,56)(H,52,57)(H,53,66)(H,54,67)(H2,68,69,70)(H2,71,72,73)/t34?,35-,36-,41-,42-,43+,44+,45+,46+,49-,50+/m1/s1. The zero-order chi connectivity index (χ0) is 66.9. The van der Waals surface area contributed by atoms with E-state index in [0.717, 1.165) is 17.1 Å². The number of imide groups is 1. The molecule has 6 amide bonds. The van der Waals surface area contributed by atoms with Crippen molar-refractivity contribution in [3.63, 3.8) is 0 Å². The third-order valence-electron chi connectivity index (χ3n) is 12.5. The molecule has 0 radical (unpaired) electrons. The molecule has 1 unspecified atom stereocenters. The van der Waals surface area contributed by atoms with Crippen LogP contribution in [0.1, 0.15) is 12.8 Å². The van der Waals surface area contributed by atoms with Gasteiger partial charge in [0.05, 0.1) is 159 Å². The van der Waals surface area contributed by atoms with Crippen LogP contribution in [0.4, 0.5) is 0 Å². The molecule has 3 heterocycles. The molecule has 3 aliphatic rings. The Kier molecular flexibility index (Phi) is 42.2. The Bertz CT molecular complexity index is 2090. The minimum atomic E-state index is -4.91. The van der Waals surface area contributed by atoms with E-state index in [1.165, 1.54) is 0 Å². The highest BCUT2D eigenvalue weighted by molar-refractivity contribution is 7.46. The third kappa shape index (κ3) is 36.6. The summed E-state index contributed by atoms with van der Waals surface area (Å²) < 4.78 is 106. The summed E-state index contributed by atoms with van der Waals surface area (Å²) in [5.74, 6) is -4.80. The van der Waals surface area contributed by atoms with Crippen molar-refractivity contribution in [3.8, 4) is 0 Å². The van der Waals surface area contributed by atoms with Gasteiger partial charge in [0.1, 0.15) is 54.7 Å². The Morgan fingerprint density at radius 2 is 0.725 bits per heavy atom. The van der Waals surface area contributed by atoms with Gasteiger partial charge >= 0.3 is 15.6 Å². The summed E-state index contributed by atoms with van der Waals surface area (Å²) in [6, 6.07) is 0. The number of nitrogens with zero attached hydrogens (tertiary/aromatic N) is 1. The van der Waals surface area contributed by atoms with E-state index in [-0.39, 0.29) is 190 Å². The van der Waals surface area contributed by atoms with Gasteiger partial charge in [0, 0.05) is 57.7 Å². The number of aliphatic hydroxyl groups excluding tert-OH is 6. The molecule has 2 saturated heterocycles. The normalized spacial score (nSPS) is 23.2. The van der Waals surface area contributed by atoms with E-state index in [1.54, 1.807) is 0 Å². The van der Waals surface area contributed by atoms with Crippen molar-refractivity contribution in [2.24, 2.45) is 5.92 Å². The highest BCUT2D eigenvalue weighted by Gasteiger charge is 2.46. The maximum Gasteiger partial charge on any atom is 0.469 e. The number of nitrogens with one attached hydrogen (secondary N) is 4. The van der Waals surface area contributed by atoms with Crippen LogP contribution in [-0.2, 0) is 113 Å². The molecule has 0 aromatic rings. The minimum Gasteiger partial charge on any atom is -0.387 e. The smallest absolute Gasteiger partial charge is 0.387 e. The Hall–Kier alpha value is -3.82. The van der Waals surface area contributed by atoms with Crippen LogP contribution < -0.4 is 21.3 Å². The summed E-state index contributed by atoms with van der Waals surface area (Å²) in [6.07, 6.45) is -14.3. The SMILES string of the molecule is O=C(CCN1C(=O)C=CC1=O)NCCOCCOCCOCCOCCNC(=O)CC(C(=O)NCCOCCOCCOCCO[C@@H]1O[C@H](COP(=O)(O)O)[C@@H](O)[C@H](O)[C@@H]1O)C(=O)NCCOCCOCCOCCO[C@H]1O[C@H](COP(=O)(O)O)[C@@H](O)[C@H](O)[C@@H]1O. The highest BCUT2D eigenvalue weighted by atomic mass is 31.2. The van der Waals surface area contributed by atoms with E-state index in [2.05, 4.69) is 30.3 Å². The number of ether oxygens (including phenoxy) is 14. The number of carbonyl (C=O) groups is 6. The Morgan fingerprint density at radius 1 is 0.429 bits per heavy atom. The van der Waals surface area contributed by atoms with Gasteiger partial charge in [-0.15, -0.1) is 0 Å². The fraction of sp³-hybridized carbons (Fsp3) is 0.840. The van der Waals surface area contributed by atoms with Crippen molar-refractivity contribution in [2.45, 2.75) is 74.3 Å². The number of amides is 6. The largest absolute Gasteiger partial charge is 0.469 e. The van der Waals surface area contributed by atoms with Crippen molar-refractivity contribution in [1.29, 1.82) is 0 Å². The summed E-state index contributed by atoms with van der Waals surface area (Å²) >= 11 is 0. The van der Waals surface area contributed by atoms with Crippen molar-refractivity contribution >= 4 is 51.1 Å². The van der Waals surface area contributed by atoms with Gasteiger partial charge in [-0.2, -0.15) is 0 Å². The lowest BCUT2D eigenvalue weighted by Gasteiger charge is -2.40. The number of aliphatic hydroxyl groups is 6. The van der Waals surface area contributed by atoms with E-state index in [1.807, 2.05) is 0 Å². The Balaban J connectivity index is 1.26. The van der Waals surface area contributed by atoms with Gasteiger partial charge < -0.3 is 138 Å². The molecule has 0 saturated carbocycles. The zero-order valence-electron chi connectivity index (χ0n) is 50.0. The quantitative estimate of drug-likeness (QED) is 0.0116. The topological polar surface area (TPSA) is 538 Å². The van der Waals surface area contributed by atoms with E-state index in [9.17, 15) is 68.5 Å². The van der Waals surface area contributed by atoms with Crippen LogP contribution in [0.15, 0.2) is 12.2 Å². The zero-order valence-corrected chi connectivity index (χ0v) is 51.8. The van der Waals surface area contributed by atoms with Crippen LogP contribution in [0.5, 0.6) is 0 Å². The lowest BCUT2D eigenvalue weighted by molar-refractivity contribution is -0.301. The van der Waals surface area contributed by atoms with E-state index >= 15 is 0 Å². The average molecular weight is 1370 g/mol. The maximum atomic E-state index is 13.3. The van der Waals surface area contributed by atoms with E-state index < -0.39 is 132 Å². The molecule has 0 aromatic heterocycles. The molecule has 91 heavy (non-hydrogen) atoms. The van der Waals surface area contributed by atoms with Crippen molar-refractivity contribution in [1.82, 2.24) is 26.2 Å². The van der Waals surface area contributed by atoms with Crippen LogP contribution in [0, 0.1) is 5.92 Å². The average Bonchev–Trinajstić information content (AvgIpc) is 1.54. The fourth-order valence-electron chi connectivity index (χ4n) is 7.80. The van der Waals surface area contributed by atoms with Gasteiger partial charge in [-0.3, -0.25) is 42.7 Å². The number of hydrogen-bond donors (Lipinski definition) is 14. The van der Waals surface area contributed by atoms with Gasteiger partial charge in [-0.05, 0) is 0 Å². The molecule has 0 bridgehead atoms. The minimum absolute atomic E-state index is 0.00829. The molecule has 0 aliphatic carbocycles. The fourth-order valence-corrected chi connectivity index (χ4v) is 8.48. The first kappa shape index (κ1) is 81.4. The summed E-state index contributed by atoms with van der Waals surface area (Å²) in [5.41, 5.74) is 0. The number of rotatable bonds is 54. The van der Waals surface area contributed by atoms with Crippen LogP contribution >= 0.6 is 15.6 Å². The molecule has 528 valence electrons. The highest BCUT2D eigenvalue weighted by Crippen LogP contribution is 2.38. The molecule has 39 nitrogen and oxygen atoms in total. The third-order valence-corrected chi connectivity index (χ3v) is 13.5. The second-order valence-electron chi connectivity index (χ2n) is 19.4. The first-order valence-corrected chi connectivity index (χ1v) is 32.0. The monoisotopic (exact) mass is 1370 g/mol. The molecule has 41 heteroatoms. The number of carbonyl (C=O) groups excluding carboxylic acids is 6. The van der Waals surface area contributed by atoms with Gasteiger partial charge in [0.15, 0.2) is 12.6 Å². The molecule has 0 spiro atoms. The predicted octanol–water partition coefficient (Wildman–Crippen LogP) is -8.19. The Morgan fingerprint density at radius 3 is 1.05 bits per heavy atom. The maximum absolute atomic E-state index is 13.3. The first-order valence-electron chi connectivity index (χ1n) is 28.9. The van der Waals surface area contributed by atoms with E-state index in [0.29, 0.717) is 0 Å². The first-order chi connectivity index (χ1) is 43.5. The van der Waals surface area contributed by atoms with Gasteiger partial charge in [0.25, 0.3) is 11.8 Å². The summed E-state index contributed by atoms with van der Waals surface area (Å²) in [7, 11) is -9.82. The predicted molar refractivity (Wildman–Crippen MR) is 300 cm³/mol. The van der Waals surface area contributed by atoms with Gasteiger partial charge in [-0.1, -0.05) is 0 Å². The van der Waals surface area contributed by atoms with Crippen LogP contribution in [0.3, 0.4) is 0 Å². The van der Waals surface area contributed by atoms with Crippen molar-refractivity contribution < 1.29 is 163 Å². The number of phosphoric ester groups is 2. The van der Waals surface area contributed by atoms with Crippen LogP contribution in [0.2, 0.25) is 0 Å². The Labute approximate surface area is 523 Å². The van der Waals surface area contributed by atoms with Crippen LogP contribution in [-0.4, -0.2) is 343 Å². The number of hydrogen-bond acceptors (Lipinski definition) is 30. The lowest BCUT2D eigenvalue weighted by atomic mass is 9.99. The molecule has 14 N–H and O–H groups in total. The summed E-state index contributed by atoms with van der Waals surface area (Å²) in [4.78, 5) is 111. The van der Waals surface area contributed by atoms with Gasteiger partial charge in [-0.25, -0.2) is 9.13 Å². The second kappa shape index (κ2) is 47.1. The van der Waals surface area contributed by atoms with E-state index in [4.69, 9.17) is 85.9 Å². The van der Waals surface area contributed by atoms with Crippen LogP contribution in [0.25, 0.3) is 0 Å². The van der Waals surface area contributed by atoms with Gasteiger partial charge in [0.2, 0.25) is 23.6 Å². The molecule has 3 rings (SSSR count). The summed E-state index contributed by atoms with van der Waals surface area (Å²) in [6.45, 7) is 1.16. The summed E-state index contributed by atoms with van der Waals surface area (Å²) in [5, 5.41) is 71.0. The molecule has 3 aliphatic heterocycles. The molecule has 11 atom stereocenters. The van der Waals surface area contributed by atoms with Crippen molar-refractivity contribution in [2.75, 3.05) is 191 Å².